The van der Waals surface area contributed by atoms with E-state index in [0.29, 0.717) is 24.3 Å². The van der Waals surface area contributed by atoms with Crippen molar-refractivity contribution in [2.45, 2.75) is 39.8 Å². The van der Waals surface area contributed by atoms with E-state index >= 15 is 0 Å². The van der Waals surface area contributed by atoms with Gasteiger partial charge in [0.2, 0.25) is 0 Å². The van der Waals surface area contributed by atoms with E-state index in [2.05, 4.69) is 37.9 Å². The molecule has 0 saturated carbocycles. The molecule has 0 amide bonds. The van der Waals surface area contributed by atoms with Crippen LogP contribution in [0.4, 0.5) is 20.2 Å². The van der Waals surface area contributed by atoms with Gasteiger partial charge in [-0.1, -0.05) is 0 Å². The molecule has 0 spiro atoms. The average Bonchev–Trinajstić information content (AvgIpc) is 2.29. The van der Waals surface area contributed by atoms with Crippen LogP contribution in [0, 0.1) is 11.6 Å². The highest BCUT2D eigenvalue weighted by Gasteiger charge is 2.13. The van der Waals surface area contributed by atoms with Crippen LogP contribution in [0.1, 0.15) is 27.7 Å². The zero-order chi connectivity index (χ0) is 14.6. The Balaban J connectivity index is 2.62. The van der Waals surface area contributed by atoms with Crippen LogP contribution in [0.2, 0.25) is 0 Å². The number of benzene rings is 1. The molecule has 0 saturated heterocycles. The number of anilines is 2. The number of nitrogens with zero attached hydrogens (tertiary/aromatic N) is 1. The van der Waals surface area contributed by atoms with E-state index in [4.69, 9.17) is 5.73 Å². The van der Waals surface area contributed by atoms with Gasteiger partial charge in [-0.25, -0.2) is 8.78 Å². The number of nitrogens with two attached hydrogens (primary N) is 1. The van der Waals surface area contributed by atoms with Gasteiger partial charge >= 0.3 is 0 Å². The van der Waals surface area contributed by atoms with Gasteiger partial charge in [0, 0.05) is 31.2 Å². The second kappa shape index (κ2) is 6.70. The number of nitrogen functional groups attached to an aromatic ring is 1. The Morgan fingerprint density at radius 1 is 1.16 bits per heavy atom. The molecule has 1 aromatic rings. The summed E-state index contributed by atoms with van der Waals surface area (Å²) in [7, 11) is 0. The van der Waals surface area contributed by atoms with Crippen molar-refractivity contribution in [3.63, 3.8) is 0 Å². The quantitative estimate of drug-likeness (QED) is 0.781. The first-order valence-corrected chi connectivity index (χ1v) is 6.57. The highest BCUT2D eigenvalue weighted by molar-refractivity contribution is 5.66. The molecule has 19 heavy (non-hydrogen) atoms. The van der Waals surface area contributed by atoms with Gasteiger partial charge in [0.05, 0.1) is 11.4 Å². The van der Waals surface area contributed by atoms with E-state index in [-0.39, 0.29) is 5.69 Å². The van der Waals surface area contributed by atoms with Crippen LogP contribution in [0.5, 0.6) is 0 Å². The molecule has 0 aliphatic heterocycles. The van der Waals surface area contributed by atoms with Gasteiger partial charge in [-0.3, -0.25) is 4.90 Å². The van der Waals surface area contributed by atoms with Crippen LogP contribution in [0.15, 0.2) is 12.1 Å². The van der Waals surface area contributed by atoms with Crippen LogP contribution in [-0.4, -0.2) is 30.1 Å². The summed E-state index contributed by atoms with van der Waals surface area (Å²) in [6, 6.07) is 2.84. The monoisotopic (exact) mass is 271 g/mol. The molecule has 3 N–H and O–H groups in total. The fourth-order valence-corrected chi connectivity index (χ4v) is 2.16. The Labute approximate surface area is 113 Å². The standard InChI is InChI=1S/C14H23F2N3/c1-9(2)19(10(3)4)6-5-18-13-8-11(15)7-12(16)14(13)17/h7-10,18H,5-6,17H2,1-4H3. The first-order valence-electron chi connectivity index (χ1n) is 6.57. The summed E-state index contributed by atoms with van der Waals surface area (Å²) in [5, 5.41) is 2.99. The Kier molecular flexibility index (Phi) is 5.54. The van der Waals surface area contributed by atoms with Crippen molar-refractivity contribution in [1.82, 2.24) is 4.90 Å². The molecule has 0 aliphatic carbocycles. The predicted molar refractivity (Wildman–Crippen MR) is 76.2 cm³/mol. The first-order chi connectivity index (χ1) is 8.82. The Bertz CT molecular complexity index is 411. The Morgan fingerprint density at radius 2 is 1.74 bits per heavy atom. The lowest BCUT2D eigenvalue weighted by molar-refractivity contribution is 0.182. The fourth-order valence-electron chi connectivity index (χ4n) is 2.16. The zero-order valence-electron chi connectivity index (χ0n) is 12.0. The van der Waals surface area contributed by atoms with Gasteiger partial charge in [0.1, 0.15) is 5.82 Å². The zero-order valence-corrected chi connectivity index (χ0v) is 12.0. The topological polar surface area (TPSA) is 41.3 Å². The molecule has 5 heteroatoms. The number of halogens is 2. The lowest BCUT2D eigenvalue weighted by Gasteiger charge is -2.30. The lowest BCUT2D eigenvalue weighted by atomic mass is 10.2. The molecule has 0 heterocycles. The second-order valence-electron chi connectivity index (χ2n) is 5.20. The molecule has 0 unspecified atom stereocenters. The summed E-state index contributed by atoms with van der Waals surface area (Å²) in [5.41, 5.74) is 5.84. The third kappa shape index (κ3) is 4.35. The molecule has 0 fully saturated rings. The van der Waals surface area contributed by atoms with Crippen molar-refractivity contribution in [2.75, 3.05) is 24.1 Å². The number of nitrogens with one attached hydrogen (secondary N) is 1. The van der Waals surface area contributed by atoms with E-state index in [9.17, 15) is 8.78 Å². The van der Waals surface area contributed by atoms with Crippen molar-refractivity contribution in [3.8, 4) is 0 Å². The SMILES string of the molecule is CC(C)N(CCNc1cc(F)cc(F)c1N)C(C)C. The van der Waals surface area contributed by atoms with Crippen molar-refractivity contribution >= 4 is 11.4 Å². The predicted octanol–water partition coefficient (Wildman–Crippen LogP) is 3.08. The molecule has 0 atom stereocenters. The highest BCUT2D eigenvalue weighted by atomic mass is 19.1. The van der Waals surface area contributed by atoms with Crippen LogP contribution < -0.4 is 11.1 Å². The molecule has 1 rings (SSSR count). The summed E-state index contributed by atoms with van der Waals surface area (Å²) >= 11 is 0. The molecule has 0 aliphatic rings. The Morgan fingerprint density at radius 3 is 2.26 bits per heavy atom. The average molecular weight is 271 g/mol. The fraction of sp³-hybridized carbons (Fsp3) is 0.571. The van der Waals surface area contributed by atoms with Gasteiger partial charge < -0.3 is 11.1 Å². The molecule has 0 aromatic heterocycles. The summed E-state index contributed by atoms with van der Waals surface area (Å²) in [6.07, 6.45) is 0. The molecule has 1 aromatic carbocycles. The summed E-state index contributed by atoms with van der Waals surface area (Å²) in [4.78, 5) is 2.29. The third-order valence-electron chi connectivity index (χ3n) is 3.11. The minimum Gasteiger partial charge on any atom is -0.395 e. The minimum absolute atomic E-state index is 0.0398. The summed E-state index contributed by atoms with van der Waals surface area (Å²) < 4.78 is 26.4. The molecular formula is C14H23F2N3. The second-order valence-corrected chi connectivity index (χ2v) is 5.20. The van der Waals surface area contributed by atoms with Gasteiger partial charge in [0.25, 0.3) is 0 Å². The Hall–Kier alpha value is -1.36. The largest absolute Gasteiger partial charge is 0.395 e. The maximum atomic E-state index is 13.3. The van der Waals surface area contributed by atoms with E-state index in [1.54, 1.807) is 0 Å². The van der Waals surface area contributed by atoms with Crippen LogP contribution in [-0.2, 0) is 0 Å². The van der Waals surface area contributed by atoms with Gasteiger partial charge in [-0.2, -0.15) is 0 Å². The molecule has 3 nitrogen and oxygen atoms in total. The summed E-state index contributed by atoms with van der Waals surface area (Å²) in [5.74, 6) is -1.36. The summed E-state index contributed by atoms with van der Waals surface area (Å²) in [6.45, 7) is 9.86. The van der Waals surface area contributed by atoms with Crippen molar-refractivity contribution < 1.29 is 8.78 Å². The normalized spacial score (nSPS) is 11.6. The van der Waals surface area contributed by atoms with Crippen molar-refractivity contribution in [3.05, 3.63) is 23.8 Å². The van der Waals surface area contributed by atoms with Crippen LogP contribution in [0.25, 0.3) is 0 Å². The van der Waals surface area contributed by atoms with Crippen LogP contribution >= 0.6 is 0 Å². The van der Waals surface area contributed by atoms with E-state index < -0.39 is 11.6 Å². The maximum absolute atomic E-state index is 13.3. The minimum atomic E-state index is -0.730. The lowest BCUT2D eigenvalue weighted by Crippen LogP contribution is -2.40. The molecule has 0 bridgehead atoms. The molecule has 0 radical (unpaired) electrons. The molecular weight excluding hydrogens is 248 g/mol. The van der Waals surface area contributed by atoms with Crippen molar-refractivity contribution in [1.29, 1.82) is 0 Å². The van der Waals surface area contributed by atoms with Crippen molar-refractivity contribution in [2.24, 2.45) is 0 Å². The van der Waals surface area contributed by atoms with E-state index in [1.165, 1.54) is 6.07 Å². The third-order valence-corrected chi connectivity index (χ3v) is 3.11. The van der Waals surface area contributed by atoms with E-state index in [0.717, 1.165) is 12.6 Å². The maximum Gasteiger partial charge on any atom is 0.151 e. The van der Waals surface area contributed by atoms with Gasteiger partial charge in [-0.05, 0) is 33.8 Å². The van der Waals surface area contributed by atoms with E-state index in [1.807, 2.05) is 0 Å². The molecule has 108 valence electrons. The van der Waals surface area contributed by atoms with Crippen LogP contribution in [0.3, 0.4) is 0 Å². The highest BCUT2D eigenvalue weighted by Crippen LogP contribution is 2.23. The number of hydrogen-bond donors (Lipinski definition) is 2. The van der Waals surface area contributed by atoms with Gasteiger partial charge in [0.15, 0.2) is 5.82 Å². The first kappa shape index (κ1) is 15.7. The number of rotatable bonds is 6. The smallest absolute Gasteiger partial charge is 0.151 e. The van der Waals surface area contributed by atoms with Gasteiger partial charge in [-0.15, -0.1) is 0 Å². The number of hydrogen-bond acceptors (Lipinski definition) is 3.